The van der Waals surface area contributed by atoms with Crippen LogP contribution in [0, 0.1) is 0 Å². The molecular formula is C21H22N4O5. The lowest BCUT2D eigenvalue weighted by Crippen LogP contribution is -2.47. The van der Waals surface area contributed by atoms with E-state index in [-0.39, 0.29) is 17.8 Å². The number of H-pyrrole nitrogens is 1. The second-order valence-corrected chi connectivity index (χ2v) is 7.81. The van der Waals surface area contributed by atoms with Crippen molar-refractivity contribution >= 4 is 11.9 Å². The lowest BCUT2D eigenvalue weighted by Gasteiger charge is -2.34. The smallest absolute Gasteiger partial charge is 0.344 e. The summed E-state index contributed by atoms with van der Waals surface area (Å²) in [6.07, 6.45) is -0.0417. The molecule has 9 heteroatoms. The number of aliphatic carboxylic acids is 1. The number of aromatic amines is 1. The lowest BCUT2D eigenvalue weighted by atomic mass is 9.90. The number of nitrogens with zero attached hydrogens (tertiary/aromatic N) is 3. The van der Waals surface area contributed by atoms with E-state index in [0.29, 0.717) is 16.7 Å². The maximum Gasteiger partial charge on any atom is 0.344 e. The van der Waals surface area contributed by atoms with Crippen molar-refractivity contribution in [2.24, 2.45) is 0 Å². The van der Waals surface area contributed by atoms with E-state index in [0.717, 1.165) is 0 Å². The number of rotatable bonds is 7. The van der Waals surface area contributed by atoms with E-state index < -0.39 is 23.1 Å². The molecule has 1 atom stereocenters. The van der Waals surface area contributed by atoms with Crippen LogP contribution in [0.3, 0.4) is 0 Å². The molecule has 1 heterocycles. The largest absolute Gasteiger partial charge is 0.479 e. The number of aromatic nitrogens is 4. The van der Waals surface area contributed by atoms with Crippen LogP contribution in [0.2, 0.25) is 0 Å². The highest BCUT2D eigenvalue weighted by Gasteiger charge is 2.48. The molecule has 3 aromatic rings. The highest BCUT2D eigenvalue weighted by molar-refractivity contribution is 5.96. The van der Waals surface area contributed by atoms with Gasteiger partial charge in [0.25, 0.3) is 0 Å². The predicted molar refractivity (Wildman–Crippen MR) is 107 cm³/mol. The molecule has 0 saturated carbocycles. The number of carboxylic acids is 2. The predicted octanol–water partition coefficient (Wildman–Crippen LogP) is 2.90. The molecule has 30 heavy (non-hydrogen) atoms. The van der Waals surface area contributed by atoms with Gasteiger partial charge in [0.15, 0.2) is 0 Å². The van der Waals surface area contributed by atoms with E-state index in [1.807, 2.05) is 0 Å². The molecule has 0 bridgehead atoms. The van der Waals surface area contributed by atoms with Gasteiger partial charge in [0.2, 0.25) is 11.4 Å². The summed E-state index contributed by atoms with van der Waals surface area (Å²) in [5.41, 5.74) is -0.513. The van der Waals surface area contributed by atoms with Gasteiger partial charge < -0.3 is 14.9 Å². The number of benzene rings is 2. The van der Waals surface area contributed by atoms with E-state index in [4.69, 9.17) is 4.74 Å². The first kappa shape index (κ1) is 21.1. The normalized spacial score (nSPS) is 13.6. The van der Waals surface area contributed by atoms with Crippen LogP contribution < -0.4 is 0 Å². The zero-order chi connectivity index (χ0) is 21.9. The minimum Gasteiger partial charge on any atom is -0.479 e. The number of aromatic carboxylic acids is 1. The van der Waals surface area contributed by atoms with Crippen LogP contribution >= 0.6 is 0 Å². The Kier molecular flexibility index (Phi) is 5.66. The summed E-state index contributed by atoms with van der Waals surface area (Å²) in [6, 6.07) is 13.6. The third-order valence-electron chi connectivity index (χ3n) is 4.41. The van der Waals surface area contributed by atoms with E-state index in [1.54, 1.807) is 63.2 Å². The Hall–Kier alpha value is -3.59. The van der Waals surface area contributed by atoms with Crippen LogP contribution in [0.15, 0.2) is 48.5 Å². The monoisotopic (exact) mass is 410 g/mol. The van der Waals surface area contributed by atoms with Gasteiger partial charge in [0.1, 0.15) is 0 Å². The van der Waals surface area contributed by atoms with Crippen molar-refractivity contribution in [2.45, 2.75) is 38.4 Å². The fraction of sp³-hybridized carbons (Fsp3) is 0.286. The molecule has 0 aliphatic rings. The van der Waals surface area contributed by atoms with E-state index >= 15 is 0 Å². The third kappa shape index (κ3) is 4.36. The molecule has 2 aromatic carbocycles. The van der Waals surface area contributed by atoms with Crippen molar-refractivity contribution in [1.82, 2.24) is 20.6 Å². The average Bonchev–Trinajstić information content (AvgIpc) is 3.22. The van der Waals surface area contributed by atoms with Crippen molar-refractivity contribution in [2.75, 3.05) is 0 Å². The molecular weight excluding hydrogens is 388 g/mol. The number of hydrogen-bond acceptors (Lipinski definition) is 6. The van der Waals surface area contributed by atoms with Gasteiger partial charge in [0, 0.05) is 6.42 Å². The maximum atomic E-state index is 12.3. The number of ether oxygens (including phenoxy) is 1. The number of carboxylic acid groups (broad SMARTS) is 2. The molecule has 3 N–H and O–H groups in total. The number of nitrogens with one attached hydrogen (secondary N) is 1. The molecule has 0 radical (unpaired) electrons. The summed E-state index contributed by atoms with van der Waals surface area (Å²) in [5.74, 6) is -2.33. The Labute approximate surface area is 172 Å². The summed E-state index contributed by atoms with van der Waals surface area (Å²) in [5, 5.41) is 32.9. The summed E-state index contributed by atoms with van der Waals surface area (Å²) < 4.78 is 5.94. The zero-order valence-corrected chi connectivity index (χ0v) is 16.8. The third-order valence-corrected chi connectivity index (χ3v) is 4.41. The fourth-order valence-electron chi connectivity index (χ4n) is 3.24. The van der Waals surface area contributed by atoms with E-state index in [2.05, 4.69) is 20.6 Å². The molecule has 3 rings (SSSR count). The van der Waals surface area contributed by atoms with Crippen molar-refractivity contribution in [3.05, 3.63) is 65.5 Å². The first-order chi connectivity index (χ1) is 14.1. The molecule has 9 nitrogen and oxygen atoms in total. The molecule has 0 saturated heterocycles. The topological polar surface area (TPSA) is 138 Å². The minimum absolute atomic E-state index is 0.0417. The molecule has 0 amide bonds. The summed E-state index contributed by atoms with van der Waals surface area (Å²) in [6.45, 7) is 5.24. The Balaban J connectivity index is 1.99. The Bertz CT molecular complexity index is 1040. The average molecular weight is 410 g/mol. The molecule has 1 aromatic heterocycles. The Morgan fingerprint density at radius 2 is 1.70 bits per heavy atom. The van der Waals surface area contributed by atoms with Gasteiger partial charge in [-0.25, -0.2) is 9.59 Å². The van der Waals surface area contributed by atoms with E-state index in [9.17, 15) is 19.8 Å². The first-order valence-electron chi connectivity index (χ1n) is 9.21. The molecule has 0 fully saturated rings. The van der Waals surface area contributed by atoms with Gasteiger partial charge in [-0.3, -0.25) is 0 Å². The van der Waals surface area contributed by atoms with Crippen LogP contribution in [0.25, 0.3) is 11.1 Å². The van der Waals surface area contributed by atoms with Crippen LogP contribution in [-0.2, 0) is 21.6 Å². The summed E-state index contributed by atoms with van der Waals surface area (Å²) >= 11 is 0. The number of tetrazole rings is 1. The van der Waals surface area contributed by atoms with Gasteiger partial charge in [-0.15, -0.1) is 10.2 Å². The Morgan fingerprint density at radius 3 is 2.23 bits per heavy atom. The second-order valence-electron chi connectivity index (χ2n) is 7.81. The van der Waals surface area contributed by atoms with Crippen molar-refractivity contribution in [1.29, 1.82) is 0 Å². The highest BCUT2D eigenvalue weighted by Crippen LogP contribution is 2.33. The van der Waals surface area contributed by atoms with Crippen LogP contribution in [0.4, 0.5) is 0 Å². The standard InChI is InChI=1S/C21H22N4O5/c1-20(2,3)30-21(19(28)29,18-22-24-25-23-18)12-13-8-10-14(11-9-13)15-6-4-5-7-16(15)17(26)27/h4-11H,12H2,1-3H3,(H,26,27)(H,28,29)(H,22,23,24,25). The fourth-order valence-corrected chi connectivity index (χ4v) is 3.24. The second kappa shape index (κ2) is 8.03. The van der Waals surface area contributed by atoms with Crippen molar-refractivity contribution in [3.8, 4) is 11.1 Å². The van der Waals surface area contributed by atoms with Gasteiger partial charge in [-0.2, -0.15) is 5.21 Å². The van der Waals surface area contributed by atoms with Crippen LogP contribution in [0.5, 0.6) is 0 Å². The Morgan fingerprint density at radius 1 is 1.03 bits per heavy atom. The zero-order valence-electron chi connectivity index (χ0n) is 16.8. The summed E-state index contributed by atoms with van der Waals surface area (Å²) in [4.78, 5) is 23.8. The minimum atomic E-state index is -1.84. The number of carbonyl (C=O) groups is 2. The van der Waals surface area contributed by atoms with Gasteiger partial charge in [0.05, 0.1) is 11.2 Å². The lowest BCUT2D eigenvalue weighted by molar-refractivity contribution is -0.189. The van der Waals surface area contributed by atoms with Gasteiger partial charge >= 0.3 is 11.9 Å². The summed E-state index contributed by atoms with van der Waals surface area (Å²) in [7, 11) is 0. The molecule has 156 valence electrons. The molecule has 0 spiro atoms. The van der Waals surface area contributed by atoms with Crippen molar-refractivity contribution < 1.29 is 24.5 Å². The SMILES string of the molecule is CC(C)(C)OC(Cc1ccc(-c2ccccc2C(=O)O)cc1)(C(=O)O)c1nn[nH]n1. The molecule has 0 aliphatic heterocycles. The quantitative estimate of drug-likeness (QED) is 0.540. The highest BCUT2D eigenvalue weighted by atomic mass is 16.5. The van der Waals surface area contributed by atoms with E-state index in [1.165, 1.54) is 6.07 Å². The van der Waals surface area contributed by atoms with Crippen LogP contribution in [0.1, 0.15) is 42.5 Å². The molecule has 0 aliphatic carbocycles. The van der Waals surface area contributed by atoms with Gasteiger partial charge in [-0.1, -0.05) is 47.7 Å². The maximum absolute atomic E-state index is 12.3. The van der Waals surface area contributed by atoms with Crippen LogP contribution in [-0.4, -0.2) is 48.4 Å². The first-order valence-corrected chi connectivity index (χ1v) is 9.21. The molecule has 1 unspecified atom stereocenters. The van der Waals surface area contributed by atoms with Crippen molar-refractivity contribution in [3.63, 3.8) is 0 Å². The number of hydrogen-bond donors (Lipinski definition) is 3. The van der Waals surface area contributed by atoms with Gasteiger partial charge in [-0.05, 0) is 43.5 Å².